The monoisotopic (exact) mass is 502 g/mol. The molecule has 0 saturated heterocycles. The Morgan fingerprint density at radius 3 is 2.57 bits per heavy atom. The van der Waals surface area contributed by atoms with E-state index in [1.807, 2.05) is 6.92 Å². The molecule has 0 fully saturated rings. The lowest BCUT2D eigenvalue weighted by molar-refractivity contribution is 0.243. The van der Waals surface area contributed by atoms with Gasteiger partial charge in [-0.05, 0) is 57.9 Å². The molecule has 2 aromatic rings. The van der Waals surface area contributed by atoms with Gasteiger partial charge in [0, 0.05) is 5.56 Å². The van der Waals surface area contributed by atoms with Gasteiger partial charge in [-0.1, -0.05) is 18.9 Å². The smallest absolute Gasteiger partial charge is 0.233 e. The molecular formula is C25H28F2N4O3S. The van der Waals surface area contributed by atoms with E-state index in [1.54, 1.807) is 6.92 Å². The lowest BCUT2D eigenvalue weighted by Gasteiger charge is -2.38. The Kier molecular flexibility index (Phi) is 7.31. The quantitative estimate of drug-likeness (QED) is 0.598. The van der Waals surface area contributed by atoms with E-state index in [9.17, 15) is 17.2 Å². The molecule has 1 aliphatic rings. The molecule has 0 spiro atoms. The molecule has 3 rings (SSSR count). The standard InChI is InChI=1S/C25H28F2N4O3S/c1-6-8-17(7-2)34-22-14-29-21(13-30-22)20(27)12-16-9-10-19(26)18(11-16)25(5)15-35(32,33)24(3,4)23(28)31-25/h9-14,17H,7,15H2,1-5H3,(H2,28,31)/b20-12-/t17?,25-/m0/s1. The minimum absolute atomic E-state index is 0.00134. The summed E-state index contributed by atoms with van der Waals surface area (Å²) in [5.41, 5.74) is 4.74. The Bertz CT molecular complexity index is 1340. The third-order valence-electron chi connectivity index (χ3n) is 5.91. The van der Waals surface area contributed by atoms with E-state index in [1.165, 1.54) is 45.3 Å². The van der Waals surface area contributed by atoms with Crippen LogP contribution in [0.4, 0.5) is 8.78 Å². The fourth-order valence-electron chi connectivity index (χ4n) is 3.57. The number of benzene rings is 1. The second kappa shape index (κ2) is 9.74. The minimum Gasteiger partial charge on any atom is -0.460 e. The van der Waals surface area contributed by atoms with Crippen molar-refractivity contribution in [3.05, 3.63) is 53.2 Å². The van der Waals surface area contributed by atoms with Gasteiger partial charge in [0.15, 0.2) is 21.8 Å². The molecule has 0 amide bonds. The van der Waals surface area contributed by atoms with Gasteiger partial charge < -0.3 is 10.5 Å². The molecule has 35 heavy (non-hydrogen) atoms. The average Bonchev–Trinajstić information content (AvgIpc) is 2.79. The summed E-state index contributed by atoms with van der Waals surface area (Å²) in [7, 11) is -3.73. The van der Waals surface area contributed by atoms with E-state index in [-0.39, 0.29) is 29.1 Å². The van der Waals surface area contributed by atoms with Gasteiger partial charge in [0.1, 0.15) is 27.6 Å². The number of amidine groups is 1. The Balaban J connectivity index is 1.92. The highest BCUT2D eigenvalue weighted by Crippen LogP contribution is 2.38. The predicted octanol–water partition coefficient (Wildman–Crippen LogP) is 4.04. The molecule has 2 heterocycles. The van der Waals surface area contributed by atoms with Crippen LogP contribution in [0.25, 0.3) is 11.9 Å². The molecule has 1 unspecified atom stereocenters. The van der Waals surface area contributed by atoms with Crippen molar-refractivity contribution in [1.82, 2.24) is 9.97 Å². The van der Waals surface area contributed by atoms with Gasteiger partial charge in [0.25, 0.3) is 0 Å². The molecule has 0 radical (unpaired) electrons. The van der Waals surface area contributed by atoms with E-state index in [2.05, 4.69) is 26.8 Å². The zero-order chi connectivity index (χ0) is 26.0. The second-order valence-corrected chi connectivity index (χ2v) is 11.5. The minimum atomic E-state index is -3.73. The predicted molar refractivity (Wildman–Crippen MR) is 132 cm³/mol. The lowest BCUT2D eigenvalue weighted by Crippen LogP contribution is -2.55. The Morgan fingerprint density at radius 1 is 1.29 bits per heavy atom. The molecule has 1 aliphatic heterocycles. The summed E-state index contributed by atoms with van der Waals surface area (Å²) < 4.78 is 59.6. The van der Waals surface area contributed by atoms with E-state index in [0.29, 0.717) is 12.0 Å². The van der Waals surface area contributed by atoms with Gasteiger partial charge >= 0.3 is 0 Å². The highest BCUT2D eigenvalue weighted by molar-refractivity contribution is 7.93. The molecule has 1 aromatic heterocycles. The molecule has 0 bridgehead atoms. The topological polar surface area (TPSA) is 108 Å². The maximum atomic E-state index is 14.9. The fourth-order valence-corrected chi connectivity index (χ4v) is 5.25. The summed E-state index contributed by atoms with van der Waals surface area (Å²) in [4.78, 5) is 12.5. The SMILES string of the molecule is CC#CC(CC)Oc1cnc(/C(F)=C/c2ccc(F)c([C@]3(C)CS(=O)(=O)C(C)(C)C(N)=N3)c2)cn1. The van der Waals surface area contributed by atoms with Crippen LogP contribution in [0.1, 0.15) is 57.9 Å². The summed E-state index contributed by atoms with van der Waals surface area (Å²) >= 11 is 0. The van der Waals surface area contributed by atoms with Gasteiger partial charge in [-0.3, -0.25) is 4.99 Å². The number of hydrogen-bond donors (Lipinski definition) is 1. The Morgan fingerprint density at radius 2 is 2.00 bits per heavy atom. The summed E-state index contributed by atoms with van der Waals surface area (Å²) in [6.45, 7) is 8.04. The summed E-state index contributed by atoms with van der Waals surface area (Å²) in [6, 6.07) is 3.87. The number of nitrogens with zero attached hydrogens (tertiary/aromatic N) is 3. The summed E-state index contributed by atoms with van der Waals surface area (Å²) in [5, 5.41) is 0. The molecule has 1 aromatic carbocycles. The lowest BCUT2D eigenvalue weighted by atomic mass is 9.91. The Hall–Kier alpha value is -3.32. The van der Waals surface area contributed by atoms with Crippen LogP contribution in [0, 0.1) is 17.7 Å². The average molecular weight is 503 g/mol. The van der Waals surface area contributed by atoms with Crippen LogP contribution in [-0.2, 0) is 15.4 Å². The van der Waals surface area contributed by atoms with Crippen LogP contribution in [0.5, 0.6) is 5.88 Å². The van der Waals surface area contributed by atoms with Crippen LogP contribution >= 0.6 is 0 Å². The highest BCUT2D eigenvalue weighted by atomic mass is 32.2. The molecule has 0 saturated carbocycles. The second-order valence-electron chi connectivity index (χ2n) is 8.92. The van der Waals surface area contributed by atoms with Crippen molar-refractivity contribution in [2.45, 2.75) is 57.4 Å². The van der Waals surface area contributed by atoms with E-state index >= 15 is 0 Å². The van der Waals surface area contributed by atoms with Gasteiger partial charge in [0.05, 0.1) is 18.1 Å². The molecule has 2 atom stereocenters. The van der Waals surface area contributed by atoms with Crippen LogP contribution in [-0.4, -0.2) is 40.8 Å². The molecule has 186 valence electrons. The zero-order valence-corrected chi connectivity index (χ0v) is 21.1. The summed E-state index contributed by atoms with van der Waals surface area (Å²) in [6.07, 6.45) is 3.98. The Labute approximate surface area is 204 Å². The van der Waals surface area contributed by atoms with Gasteiger partial charge in [-0.25, -0.2) is 27.2 Å². The first-order valence-corrected chi connectivity index (χ1v) is 12.6. The first-order chi connectivity index (χ1) is 16.3. The largest absolute Gasteiger partial charge is 0.460 e. The molecule has 2 N–H and O–H groups in total. The molecular weight excluding hydrogens is 474 g/mol. The van der Waals surface area contributed by atoms with Crippen molar-refractivity contribution in [2.24, 2.45) is 10.7 Å². The number of sulfone groups is 1. The number of nitrogens with two attached hydrogens (primary N) is 1. The first kappa shape index (κ1) is 26.3. The normalized spacial score (nSPS) is 21.9. The van der Waals surface area contributed by atoms with Crippen molar-refractivity contribution < 1.29 is 21.9 Å². The van der Waals surface area contributed by atoms with Crippen LogP contribution < -0.4 is 10.5 Å². The number of hydrogen-bond acceptors (Lipinski definition) is 7. The van der Waals surface area contributed by atoms with Gasteiger partial charge in [-0.2, -0.15) is 0 Å². The first-order valence-electron chi connectivity index (χ1n) is 11.0. The molecule has 10 heteroatoms. The van der Waals surface area contributed by atoms with Crippen LogP contribution in [0.3, 0.4) is 0 Å². The van der Waals surface area contributed by atoms with Crippen molar-refractivity contribution in [2.75, 3.05) is 5.75 Å². The number of halogens is 2. The number of aromatic nitrogens is 2. The van der Waals surface area contributed by atoms with Crippen molar-refractivity contribution >= 4 is 27.6 Å². The van der Waals surface area contributed by atoms with E-state index in [4.69, 9.17) is 10.5 Å². The van der Waals surface area contributed by atoms with Crippen molar-refractivity contribution in [3.63, 3.8) is 0 Å². The maximum Gasteiger partial charge on any atom is 0.233 e. The number of ether oxygens (including phenoxy) is 1. The van der Waals surface area contributed by atoms with Crippen molar-refractivity contribution in [3.8, 4) is 17.7 Å². The number of rotatable bonds is 6. The highest BCUT2D eigenvalue weighted by Gasteiger charge is 2.49. The molecule has 0 aliphatic carbocycles. The van der Waals surface area contributed by atoms with E-state index < -0.39 is 37.5 Å². The van der Waals surface area contributed by atoms with Crippen LogP contribution in [0.2, 0.25) is 0 Å². The van der Waals surface area contributed by atoms with Gasteiger partial charge in [-0.15, -0.1) is 5.92 Å². The van der Waals surface area contributed by atoms with Gasteiger partial charge in [0.2, 0.25) is 5.88 Å². The molecule has 7 nitrogen and oxygen atoms in total. The third-order valence-corrected chi connectivity index (χ3v) is 8.61. The van der Waals surface area contributed by atoms with Crippen LogP contribution in [0.15, 0.2) is 35.6 Å². The van der Waals surface area contributed by atoms with E-state index in [0.717, 1.165) is 12.1 Å². The zero-order valence-electron chi connectivity index (χ0n) is 20.3. The van der Waals surface area contributed by atoms with Crippen molar-refractivity contribution in [1.29, 1.82) is 0 Å². The summed E-state index contributed by atoms with van der Waals surface area (Å²) in [5.74, 6) is 3.95. The number of aliphatic imine (C=N–C) groups is 1. The third kappa shape index (κ3) is 5.35. The maximum absolute atomic E-state index is 14.9. The fraction of sp³-hybridized carbons (Fsp3) is 0.400.